The van der Waals surface area contributed by atoms with Crippen LogP contribution in [0.4, 0.5) is 0 Å². The monoisotopic (exact) mass is 431 g/mol. The summed E-state index contributed by atoms with van der Waals surface area (Å²) >= 11 is 6.22. The van der Waals surface area contributed by atoms with Gasteiger partial charge >= 0.3 is 11.6 Å². The quantitative estimate of drug-likeness (QED) is 0.388. The molecule has 0 fully saturated rings. The number of aromatic nitrogens is 1. The number of carbonyl (C=O) groups excluding carboxylic acids is 2. The van der Waals surface area contributed by atoms with Gasteiger partial charge in [0.2, 0.25) is 5.11 Å². The molecule has 2 heterocycles. The first-order valence-corrected chi connectivity index (χ1v) is 9.80. The minimum atomic E-state index is -0.772. The lowest BCUT2D eigenvalue weighted by atomic mass is 10.2. The number of fused-ring (bicyclic) bond motifs is 1. The minimum absolute atomic E-state index is 0.144. The number of hydrogen-bond donors (Lipinski definition) is 1. The van der Waals surface area contributed by atoms with Gasteiger partial charge in [-0.05, 0) is 38.2 Å². The van der Waals surface area contributed by atoms with Crippen LogP contribution in [0.25, 0.3) is 11.0 Å². The fraction of sp³-hybridized carbons (Fsp3) is 0.211. The summed E-state index contributed by atoms with van der Waals surface area (Å²) in [5.41, 5.74) is 0.0942. The van der Waals surface area contributed by atoms with E-state index in [-0.39, 0.29) is 17.3 Å². The molecule has 10 heteroatoms. The molecule has 150 valence electrons. The standard InChI is InChI=1S/C19H17N3O5S2/c1-4-26-17(25)14-10(2)22(3)19(29-14)21-18(28)20-15(23)12-9-11-7-5-6-8-13(11)27-16(12)24/h5-9H,4H2,1-3H3,(H,20,23,28). The van der Waals surface area contributed by atoms with Crippen molar-refractivity contribution in [2.75, 3.05) is 6.61 Å². The summed E-state index contributed by atoms with van der Waals surface area (Å²) in [4.78, 5) is 41.6. The van der Waals surface area contributed by atoms with Crippen LogP contribution in [0.3, 0.4) is 0 Å². The summed E-state index contributed by atoms with van der Waals surface area (Å²) in [7, 11) is 1.72. The molecule has 0 saturated carbocycles. The molecule has 0 aliphatic carbocycles. The number of nitrogens with one attached hydrogen (secondary N) is 1. The molecule has 0 saturated heterocycles. The van der Waals surface area contributed by atoms with Crippen molar-refractivity contribution in [3.8, 4) is 0 Å². The van der Waals surface area contributed by atoms with Crippen molar-refractivity contribution in [1.82, 2.24) is 9.88 Å². The Labute approximate surface area is 174 Å². The van der Waals surface area contributed by atoms with Crippen LogP contribution in [0.15, 0.2) is 44.5 Å². The van der Waals surface area contributed by atoms with Crippen molar-refractivity contribution < 1.29 is 18.7 Å². The fourth-order valence-corrected chi connectivity index (χ4v) is 3.77. The molecule has 29 heavy (non-hydrogen) atoms. The van der Waals surface area contributed by atoms with Crippen LogP contribution in [0.1, 0.15) is 32.6 Å². The highest BCUT2D eigenvalue weighted by Crippen LogP contribution is 2.13. The molecule has 0 aliphatic rings. The lowest BCUT2D eigenvalue weighted by molar-refractivity contribution is 0.0530. The number of thiocarbonyl (C=S) groups is 1. The zero-order chi connectivity index (χ0) is 21.1. The topological polar surface area (TPSA) is 103 Å². The molecule has 8 nitrogen and oxygen atoms in total. The third-order valence-corrected chi connectivity index (χ3v) is 5.48. The molecule has 0 unspecified atom stereocenters. The van der Waals surface area contributed by atoms with Crippen molar-refractivity contribution >= 4 is 51.5 Å². The predicted octanol–water partition coefficient (Wildman–Crippen LogP) is 2.29. The number of rotatable bonds is 3. The Hall–Kier alpha value is -3.11. The highest BCUT2D eigenvalue weighted by molar-refractivity contribution is 7.80. The van der Waals surface area contributed by atoms with E-state index < -0.39 is 17.5 Å². The molecular formula is C19H17N3O5S2. The van der Waals surface area contributed by atoms with Gasteiger partial charge in [-0.1, -0.05) is 29.5 Å². The van der Waals surface area contributed by atoms with Gasteiger partial charge in [-0.25, -0.2) is 9.59 Å². The molecule has 0 radical (unpaired) electrons. The van der Waals surface area contributed by atoms with E-state index in [1.807, 2.05) is 0 Å². The van der Waals surface area contributed by atoms with Crippen LogP contribution in [0, 0.1) is 6.92 Å². The summed E-state index contributed by atoms with van der Waals surface area (Å²) in [6.45, 7) is 3.74. The van der Waals surface area contributed by atoms with Crippen LogP contribution in [0.5, 0.6) is 0 Å². The molecular weight excluding hydrogens is 414 g/mol. The maximum atomic E-state index is 12.5. The smallest absolute Gasteiger partial charge is 0.350 e. The first-order chi connectivity index (χ1) is 13.8. The number of thiazole rings is 1. The van der Waals surface area contributed by atoms with E-state index in [2.05, 4.69) is 10.3 Å². The molecule has 0 aliphatic heterocycles. The number of hydrogen-bond acceptors (Lipinski definition) is 7. The highest BCUT2D eigenvalue weighted by atomic mass is 32.1. The minimum Gasteiger partial charge on any atom is -0.462 e. The second-order valence-corrected chi connectivity index (χ2v) is 7.30. The number of carbonyl (C=O) groups is 2. The zero-order valence-electron chi connectivity index (χ0n) is 15.8. The van der Waals surface area contributed by atoms with Gasteiger partial charge in [0.1, 0.15) is 16.0 Å². The highest BCUT2D eigenvalue weighted by Gasteiger charge is 2.18. The van der Waals surface area contributed by atoms with E-state index in [0.29, 0.717) is 26.3 Å². The molecule has 1 aromatic carbocycles. The number of para-hydroxylation sites is 1. The number of benzene rings is 1. The van der Waals surface area contributed by atoms with Crippen molar-refractivity contribution in [2.45, 2.75) is 13.8 Å². The van der Waals surface area contributed by atoms with E-state index in [1.165, 1.54) is 6.07 Å². The predicted molar refractivity (Wildman–Crippen MR) is 112 cm³/mol. The Balaban J connectivity index is 1.87. The number of amides is 1. The fourth-order valence-electron chi connectivity index (χ4n) is 2.51. The van der Waals surface area contributed by atoms with Crippen molar-refractivity contribution in [1.29, 1.82) is 0 Å². The first-order valence-electron chi connectivity index (χ1n) is 8.58. The van der Waals surface area contributed by atoms with Crippen LogP contribution in [-0.2, 0) is 11.8 Å². The van der Waals surface area contributed by atoms with Gasteiger partial charge in [0.15, 0.2) is 4.80 Å². The maximum absolute atomic E-state index is 12.5. The Morgan fingerprint density at radius 3 is 2.79 bits per heavy atom. The number of nitrogens with zero attached hydrogens (tertiary/aromatic N) is 2. The average molecular weight is 431 g/mol. The van der Waals surface area contributed by atoms with Gasteiger partial charge < -0.3 is 13.7 Å². The van der Waals surface area contributed by atoms with Crippen LogP contribution < -0.4 is 15.7 Å². The van der Waals surface area contributed by atoms with Crippen molar-refractivity contribution in [3.05, 3.63) is 61.7 Å². The second-order valence-electron chi connectivity index (χ2n) is 5.94. The normalized spacial score (nSPS) is 11.5. The molecule has 2 aromatic heterocycles. The van der Waals surface area contributed by atoms with E-state index in [9.17, 15) is 14.4 Å². The third-order valence-electron chi connectivity index (χ3n) is 4.08. The Morgan fingerprint density at radius 1 is 1.34 bits per heavy atom. The Morgan fingerprint density at radius 2 is 2.07 bits per heavy atom. The molecule has 3 rings (SSSR count). The second kappa shape index (κ2) is 8.50. The molecule has 0 atom stereocenters. The molecule has 1 amide bonds. The maximum Gasteiger partial charge on any atom is 0.350 e. The largest absolute Gasteiger partial charge is 0.462 e. The summed E-state index contributed by atoms with van der Waals surface area (Å²) < 4.78 is 11.8. The first kappa shape index (κ1) is 20.6. The molecule has 1 N–H and O–H groups in total. The average Bonchev–Trinajstić information content (AvgIpc) is 2.96. The Kier molecular flexibility index (Phi) is 6.04. The SMILES string of the molecule is CCOC(=O)c1sc(=NC(=S)NC(=O)c2cc3ccccc3oc2=O)n(C)c1C. The number of ether oxygens (including phenoxy) is 1. The van der Waals surface area contributed by atoms with Crippen LogP contribution in [-0.4, -0.2) is 28.2 Å². The summed E-state index contributed by atoms with van der Waals surface area (Å²) in [6.07, 6.45) is 0. The van der Waals surface area contributed by atoms with Gasteiger partial charge in [0, 0.05) is 18.1 Å². The zero-order valence-corrected chi connectivity index (χ0v) is 17.5. The van der Waals surface area contributed by atoms with Gasteiger partial charge in [-0.3, -0.25) is 10.1 Å². The molecule has 3 aromatic rings. The summed E-state index contributed by atoms with van der Waals surface area (Å²) in [5, 5.41) is 2.87. The Bertz CT molecular complexity index is 1250. The van der Waals surface area contributed by atoms with Crippen LogP contribution in [0.2, 0.25) is 0 Å². The van der Waals surface area contributed by atoms with Crippen LogP contribution >= 0.6 is 23.6 Å². The number of esters is 1. The lowest BCUT2D eigenvalue weighted by Crippen LogP contribution is -2.32. The third kappa shape index (κ3) is 4.33. The van der Waals surface area contributed by atoms with Gasteiger partial charge in [-0.2, -0.15) is 4.99 Å². The van der Waals surface area contributed by atoms with Gasteiger partial charge in [0.05, 0.1) is 6.61 Å². The molecule has 0 spiro atoms. The van der Waals surface area contributed by atoms with E-state index in [4.69, 9.17) is 21.4 Å². The van der Waals surface area contributed by atoms with Gasteiger partial charge in [-0.15, -0.1) is 0 Å². The lowest BCUT2D eigenvalue weighted by Gasteiger charge is -2.03. The van der Waals surface area contributed by atoms with Gasteiger partial charge in [0.25, 0.3) is 5.91 Å². The van der Waals surface area contributed by atoms with E-state index >= 15 is 0 Å². The summed E-state index contributed by atoms with van der Waals surface area (Å²) in [5.74, 6) is -1.17. The summed E-state index contributed by atoms with van der Waals surface area (Å²) in [6, 6.07) is 8.30. The van der Waals surface area contributed by atoms with E-state index in [0.717, 1.165) is 11.3 Å². The molecule has 0 bridgehead atoms. The van der Waals surface area contributed by atoms with Crippen molar-refractivity contribution in [3.63, 3.8) is 0 Å². The van der Waals surface area contributed by atoms with E-state index in [1.54, 1.807) is 49.7 Å². The van der Waals surface area contributed by atoms with Crippen molar-refractivity contribution in [2.24, 2.45) is 12.0 Å².